The maximum absolute atomic E-state index is 9.51. The van der Waals surface area contributed by atoms with Crippen LogP contribution in [0.1, 0.15) is 33.6 Å². The number of rotatable bonds is 8. The van der Waals surface area contributed by atoms with Gasteiger partial charge in [0.25, 0.3) is 0 Å². The summed E-state index contributed by atoms with van der Waals surface area (Å²) in [4.78, 5) is 1.29. The number of nitrogens with one attached hydrogen (secondary N) is 1. The van der Waals surface area contributed by atoms with Gasteiger partial charge in [-0.3, -0.25) is 0 Å². The van der Waals surface area contributed by atoms with Crippen molar-refractivity contribution in [2.75, 3.05) is 12.4 Å². The van der Waals surface area contributed by atoms with E-state index in [1.807, 2.05) is 17.8 Å². The number of aliphatic hydroxyl groups excluding tert-OH is 1. The third-order valence-electron chi connectivity index (χ3n) is 2.92. The highest BCUT2D eigenvalue weighted by Crippen LogP contribution is 2.24. The Morgan fingerprint density at radius 3 is 2.74 bits per heavy atom. The lowest BCUT2D eigenvalue weighted by Crippen LogP contribution is -2.49. The minimum absolute atomic E-state index is 0.161. The van der Waals surface area contributed by atoms with Gasteiger partial charge in [0, 0.05) is 20.9 Å². The molecule has 0 aliphatic heterocycles. The quantitative estimate of drug-likeness (QED) is 0.550. The molecule has 1 rings (SSSR count). The van der Waals surface area contributed by atoms with Crippen molar-refractivity contribution in [3.8, 4) is 0 Å². The molecule has 2 N–H and O–H groups in total. The van der Waals surface area contributed by atoms with Crippen molar-refractivity contribution in [3.63, 3.8) is 0 Å². The lowest BCUT2D eigenvalue weighted by atomic mass is 9.96. The van der Waals surface area contributed by atoms with Crippen LogP contribution in [0.15, 0.2) is 33.6 Å². The minimum Gasteiger partial charge on any atom is -0.394 e. The van der Waals surface area contributed by atoms with Gasteiger partial charge in [0.05, 0.1) is 6.61 Å². The van der Waals surface area contributed by atoms with Gasteiger partial charge < -0.3 is 10.4 Å². The van der Waals surface area contributed by atoms with Crippen LogP contribution in [-0.4, -0.2) is 29.0 Å². The Kier molecular flexibility index (Phi) is 7.44. The van der Waals surface area contributed by atoms with E-state index in [1.54, 1.807) is 0 Å². The number of benzene rings is 1. The van der Waals surface area contributed by atoms with Crippen molar-refractivity contribution in [1.29, 1.82) is 0 Å². The van der Waals surface area contributed by atoms with Crippen molar-refractivity contribution >= 4 is 27.7 Å². The standard InChI is InChI=1S/C15H24BrNOS/c1-12(2)17-15(3,11-18)8-5-9-19-14-7-4-6-13(16)10-14/h4,6-7,10,12,17-18H,5,8-9,11H2,1-3H3. The maximum atomic E-state index is 9.51. The zero-order valence-electron chi connectivity index (χ0n) is 11.9. The monoisotopic (exact) mass is 345 g/mol. The molecule has 0 spiro atoms. The number of aliphatic hydroxyl groups is 1. The van der Waals surface area contributed by atoms with E-state index in [2.05, 4.69) is 60.2 Å². The van der Waals surface area contributed by atoms with Crippen molar-refractivity contribution < 1.29 is 5.11 Å². The molecule has 1 atom stereocenters. The first kappa shape index (κ1) is 17.0. The molecule has 0 bridgehead atoms. The lowest BCUT2D eigenvalue weighted by molar-refractivity contribution is 0.156. The molecule has 1 unspecified atom stereocenters. The molecule has 0 heterocycles. The molecule has 4 heteroatoms. The van der Waals surface area contributed by atoms with E-state index < -0.39 is 0 Å². The normalized spacial score (nSPS) is 14.6. The SMILES string of the molecule is CC(C)NC(C)(CO)CCCSc1cccc(Br)c1. The summed E-state index contributed by atoms with van der Waals surface area (Å²) in [6.45, 7) is 6.51. The van der Waals surface area contributed by atoms with E-state index >= 15 is 0 Å². The minimum atomic E-state index is -0.161. The van der Waals surface area contributed by atoms with Crippen LogP contribution in [-0.2, 0) is 0 Å². The van der Waals surface area contributed by atoms with Crippen LogP contribution in [0.2, 0.25) is 0 Å². The van der Waals surface area contributed by atoms with Gasteiger partial charge in [-0.05, 0) is 43.7 Å². The molecule has 0 saturated carbocycles. The largest absolute Gasteiger partial charge is 0.394 e. The fourth-order valence-corrected chi connectivity index (χ4v) is 3.56. The smallest absolute Gasteiger partial charge is 0.0610 e. The second-order valence-electron chi connectivity index (χ2n) is 5.43. The fourth-order valence-electron chi connectivity index (χ4n) is 2.10. The summed E-state index contributed by atoms with van der Waals surface area (Å²) in [5.74, 6) is 1.08. The van der Waals surface area contributed by atoms with Gasteiger partial charge in [-0.25, -0.2) is 0 Å². The molecule has 1 aromatic rings. The number of hydrogen-bond acceptors (Lipinski definition) is 3. The highest BCUT2D eigenvalue weighted by molar-refractivity contribution is 9.10. The molecule has 0 fully saturated rings. The molecule has 0 aliphatic carbocycles. The van der Waals surface area contributed by atoms with E-state index in [0.717, 1.165) is 23.1 Å². The molecule has 2 nitrogen and oxygen atoms in total. The van der Waals surface area contributed by atoms with Gasteiger partial charge in [0.2, 0.25) is 0 Å². The van der Waals surface area contributed by atoms with E-state index in [0.29, 0.717) is 6.04 Å². The highest BCUT2D eigenvalue weighted by Gasteiger charge is 2.22. The Bertz CT molecular complexity index is 386. The third-order valence-corrected chi connectivity index (χ3v) is 4.50. The zero-order chi connectivity index (χ0) is 14.3. The summed E-state index contributed by atoms with van der Waals surface area (Å²) in [5.41, 5.74) is -0.161. The topological polar surface area (TPSA) is 32.3 Å². The van der Waals surface area contributed by atoms with Gasteiger partial charge >= 0.3 is 0 Å². The number of thioether (sulfide) groups is 1. The van der Waals surface area contributed by atoms with E-state index in [1.165, 1.54) is 4.90 Å². The molecular formula is C15H24BrNOS. The molecule has 1 aromatic carbocycles. The van der Waals surface area contributed by atoms with E-state index in [9.17, 15) is 5.11 Å². The Balaban J connectivity index is 2.33. The lowest BCUT2D eigenvalue weighted by Gasteiger charge is -2.31. The van der Waals surface area contributed by atoms with Crippen LogP contribution in [0.3, 0.4) is 0 Å². The Labute approximate surface area is 129 Å². The fraction of sp³-hybridized carbons (Fsp3) is 0.600. The molecular weight excluding hydrogens is 322 g/mol. The summed E-state index contributed by atoms with van der Waals surface area (Å²) in [7, 11) is 0. The van der Waals surface area contributed by atoms with Crippen LogP contribution in [0.5, 0.6) is 0 Å². The van der Waals surface area contributed by atoms with Gasteiger partial charge in [0.15, 0.2) is 0 Å². The first-order valence-electron chi connectivity index (χ1n) is 6.72. The highest BCUT2D eigenvalue weighted by atomic mass is 79.9. The van der Waals surface area contributed by atoms with Crippen molar-refractivity contribution in [1.82, 2.24) is 5.32 Å². The predicted octanol–water partition coefficient (Wildman–Crippen LogP) is 4.07. The Morgan fingerprint density at radius 1 is 1.42 bits per heavy atom. The molecule has 108 valence electrons. The van der Waals surface area contributed by atoms with Gasteiger partial charge in [-0.15, -0.1) is 11.8 Å². The average Bonchev–Trinajstić information content (AvgIpc) is 2.34. The van der Waals surface area contributed by atoms with Crippen LogP contribution in [0.25, 0.3) is 0 Å². The average molecular weight is 346 g/mol. The molecule has 0 amide bonds. The van der Waals surface area contributed by atoms with Gasteiger partial charge in [-0.1, -0.05) is 35.8 Å². The van der Waals surface area contributed by atoms with Crippen LogP contribution in [0.4, 0.5) is 0 Å². The summed E-state index contributed by atoms with van der Waals surface area (Å²) >= 11 is 5.35. The summed E-state index contributed by atoms with van der Waals surface area (Å²) < 4.78 is 1.12. The molecule has 0 radical (unpaired) electrons. The first-order valence-corrected chi connectivity index (χ1v) is 8.50. The second-order valence-corrected chi connectivity index (χ2v) is 7.51. The number of halogens is 1. The predicted molar refractivity (Wildman–Crippen MR) is 87.9 cm³/mol. The molecule has 0 aromatic heterocycles. The van der Waals surface area contributed by atoms with E-state index in [-0.39, 0.29) is 12.1 Å². The van der Waals surface area contributed by atoms with Gasteiger partial charge in [-0.2, -0.15) is 0 Å². The van der Waals surface area contributed by atoms with Crippen LogP contribution < -0.4 is 5.32 Å². The molecule has 0 aliphatic rings. The van der Waals surface area contributed by atoms with Crippen molar-refractivity contribution in [2.24, 2.45) is 0 Å². The van der Waals surface area contributed by atoms with Crippen molar-refractivity contribution in [3.05, 3.63) is 28.7 Å². The van der Waals surface area contributed by atoms with E-state index in [4.69, 9.17) is 0 Å². The zero-order valence-corrected chi connectivity index (χ0v) is 14.4. The first-order chi connectivity index (χ1) is 8.95. The second kappa shape index (κ2) is 8.30. The Morgan fingerprint density at radius 2 is 2.16 bits per heavy atom. The van der Waals surface area contributed by atoms with Crippen LogP contribution >= 0.6 is 27.7 Å². The molecule has 19 heavy (non-hydrogen) atoms. The number of hydrogen-bond donors (Lipinski definition) is 2. The summed E-state index contributed by atoms with van der Waals surface area (Å²) in [5, 5.41) is 13.0. The maximum Gasteiger partial charge on any atom is 0.0610 e. The molecule has 0 saturated heterocycles. The van der Waals surface area contributed by atoms with Crippen molar-refractivity contribution in [2.45, 2.75) is 50.1 Å². The Hall–Kier alpha value is -0.0300. The van der Waals surface area contributed by atoms with Crippen LogP contribution in [0, 0.1) is 0 Å². The summed E-state index contributed by atoms with van der Waals surface area (Å²) in [6.07, 6.45) is 2.08. The van der Waals surface area contributed by atoms with Gasteiger partial charge in [0.1, 0.15) is 0 Å². The third kappa shape index (κ3) is 6.80. The summed E-state index contributed by atoms with van der Waals surface area (Å²) in [6, 6.07) is 8.77.